The number of anilines is 2. The summed E-state index contributed by atoms with van der Waals surface area (Å²) in [6.07, 6.45) is -42.2. The van der Waals surface area contributed by atoms with Crippen LogP contribution in [0.5, 0.6) is 0 Å². The standard InChI is InChI=1S/C68H88N4O40/c1-29(73)95-27-43-49(97-31(3)75)51(99-33(5)77)61(105-39(11)83)67(107-43)109-55-53(101-35(7)79)57-63(89)71(25-45(85)69-23-47(87)91-13)41-17-19-42(20-18-41)72(26-46(86)70-24-48(88)92-14)64(90)58-54(102-36(8)80)56(60(104-38(10)82)66(112-58)94-22-16-15-21-93-65(111-57)59(55)103-37(9)81)110-68-62(106-40(12)84)52(100-34(6)78)50(98-32(4)76)44(108-68)28-96-30(2)74/h17-20,43-44,49-62,65-68H,15-16,21-28H2,1-14H3,(H,69,85)(H,70,86)/t43-,44-,49-,50-,51+,52+,53+,54+,55+,56+,57+,58+,59-,60-,61+,62+,65-,66-,67-,68-/m1/s1. The molecule has 6 aliphatic heterocycles. The molecule has 0 saturated carbocycles. The average Bonchev–Trinajstić information content (AvgIpc) is 0.747. The molecule has 0 radical (unpaired) electrons. The molecule has 6 aliphatic rings. The molecule has 620 valence electrons. The Kier molecular flexibility index (Phi) is 33.9. The summed E-state index contributed by atoms with van der Waals surface area (Å²) in [6, 6.07) is 4.17. The minimum absolute atomic E-state index is 0.231. The van der Waals surface area contributed by atoms with Gasteiger partial charge in [0.1, 0.15) is 63.8 Å². The van der Waals surface area contributed by atoms with Crippen LogP contribution in [0.1, 0.15) is 95.9 Å². The third kappa shape index (κ3) is 26.0. The van der Waals surface area contributed by atoms with Gasteiger partial charge in [0.2, 0.25) is 11.8 Å². The van der Waals surface area contributed by atoms with Gasteiger partial charge in [-0.1, -0.05) is 0 Å². The van der Waals surface area contributed by atoms with Crippen molar-refractivity contribution >= 4 is 119 Å². The lowest BCUT2D eigenvalue weighted by molar-refractivity contribution is -0.358. The van der Waals surface area contributed by atoms with E-state index in [0.29, 0.717) is 9.80 Å². The molecule has 4 fully saturated rings. The second kappa shape index (κ2) is 42.1. The second-order valence-corrected chi connectivity index (χ2v) is 25.0. The molecule has 6 bridgehead atoms. The van der Waals surface area contributed by atoms with E-state index < -0.39 is 283 Å². The molecular formula is C68H88N4O40. The Morgan fingerprint density at radius 2 is 0.634 bits per heavy atom. The molecule has 4 saturated heterocycles. The van der Waals surface area contributed by atoms with Gasteiger partial charge in [-0.05, 0) is 37.1 Å². The molecule has 0 unspecified atom stereocenters. The number of nitrogens with one attached hydrogen (secondary N) is 2. The van der Waals surface area contributed by atoms with E-state index in [-0.39, 0.29) is 24.2 Å². The highest BCUT2D eigenvalue weighted by Gasteiger charge is 2.62. The van der Waals surface area contributed by atoms with Crippen molar-refractivity contribution in [1.29, 1.82) is 0 Å². The van der Waals surface area contributed by atoms with Crippen LogP contribution in [0.25, 0.3) is 0 Å². The van der Waals surface area contributed by atoms with E-state index in [9.17, 15) is 76.7 Å². The van der Waals surface area contributed by atoms with E-state index in [0.717, 1.165) is 122 Å². The lowest BCUT2D eigenvalue weighted by atomic mass is 9.94. The Labute approximate surface area is 637 Å². The Morgan fingerprint density at radius 3 is 0.920 bits per heavy atom. The Balaban J connectivity index is 1.64. The van der Waals surface area contributed by atoms with E-state index in [1.165, 1.54) is 0 Å². The van der Waals surface area contributed by atoms with Crippen LogP contribution < -0.4 is 20.4 Å². The monoisotopic (exact) mass is 1600 g/mol. The summed E-state index contributed by atoms with van der Waals surface area (Å²) in [4.78, 5) is 243. The summed E-state index contributed by atoms with van der Waals surface area (Å²) in [5.41, 5.74) is -0.771. The van der Waals surface area contributed by atoms with Gasteiger partial charge in [-0.3, -0.25) is 86.3 Å². The van der Waals surface area contributed by atoms with Crippen LogP contribution in [0.15, 0.2) is 24.3 Å². The quantitative estimate of drug-likeness (QED) is 0.0684. The van der Waals surface area contributed by atoms with Gasteiger partial charge in [0.05, 0.1) is 14.2 Å². The second-order valence-electron chi connectivity index (χ2n) is 25.0. The number of ether oxygens (including phenoxy) is 22. The summed E-state index contributed by atoms with van der Waals surface area (Å²) in [5.74, 6) is -20.2. The van der Waals surface area contributed by atoms with Crippen LogP contribution >= 0.6 is 0 Å². The first-order valence-corrected chi connectivity index (χ1v) is 34.4. The predicted octanol–water partition coefficient (Wildman–Crippen LogP) is -3.13. The molecule has 6 heterocycles. The third-order valence-electron chi connectivity index (χ3n) is 16.2. The summed E-state index contributed by atoms with van der Waals surface area (Å²) in [6.45, 7) is 4.27. The number of benzene rings is 1. The lowest BCUT2D eigenvalue weighted by Gasteiger charge is -2.49. The zero-order valence-corrected chi connectivity index (χ0v) is 63.2. The SMILES string of the molecule is COC(=O)CNC(=O)CN1C(=O)[C@H]2O[C@@H](OCCCCO[C@@H]3O[C@H](C(=O)N(CC(=O)NCC(=O)OC)c4ccc1cc4)[C@@H](OC(C)=O)[C@H](O[C@H]1O[C@H](COC(C)=O)[C@@H](OC(C)=O)[C@H](OC(C)=O)[C@@H]1OC(C)=O)[C@H]3OC(C)=O)[C@H](OC(C)=O)[C@@H](O[C@H]1O[C@H](COC(C)=O)[C@@H](OC(C)=O)[C@H](OC(C)=O)[C@@H]1OC(C)=O)[C@@H]2OC(C)=O. The van der Waals surface area contributed by atoms with Crippen molar-refractivity contribution in [1.82, 2.24) is 10.6 Å². The third-order valence-corrected chi connectivity index (χ3v) is 16.2. The zero-order chi connectivity index (χ0) is 83.1. The Bertz CT molecular complexity index is 3400. The van der Waals surface area contributed by atoms with Crippen molar-refractivity contribution < 1.29 is 191 Å². The first-order valence-electron chi connectivity index (χ1n) is 34.4. The number of rotatable bonds is 26. The molecule has 112 heavy (non-hydrogen) atoms. The molecule has 20 atom stereocenters. The van der Waals surface area contributed by atoms with Gasteiger partial charge >= 0.3 is 83.6 Å². The molecule has 4 amide bonds. The maximum absolute atomic E-state index is 16.0. The van der Waals surface area contributed by atoms with Crippen LogP contribution in [0, 0.1) is 0 Å². The maximum Gasteiger partial charge on any atom is 0.325 e. The molecule has 7 rings (SSSR count). The molecule has 44 heteroatoms. The number of amides is 4. The van der Waals surface area contributed by atoms with Crippen molar-refractivity contribution in [2.24, 2.45) is 0 Å². The van der Waals surface area contributed by atoms with Crippen molar-refractivity contribution in [2.45, 2.75) is 219 Å². The first kappa shape index (κ1) is 90.2. The van der Waals surface area contributed by atoms with Crippen molar-refractivity contribution in [3.8, 4) is 0 Å². The van der Waals surface area contributed by atoms with Gasteiger partial charge in [0.25, 0.3) is 11.8 Å². The molecule has 2 N–H and O–H groups in total. The fraction of sp³-hybridized carbons (Fsp3) is 0.647. The minimum atomic E-state index is -2.37. The van der Waals surface area contributed by atoms with E-state index >= 15 is 9.59 Å². The molecule has 0 aromatic heterocycles. The molecular weight excluding hydrogens is 1510 g/mol. The highest BCUT2D eigenvalue weighted by Crippen LogP contribution is 2.40. The van der Waals surface area contributed by atoms with E-state index in [1.54, 1.807) is 0 Å². The smallest absolute Gasteiger partial charge is 0.325 e. The van der Waals surface area contributed by atoms with Crippen molar-refractivity contribution in [3.63, 3.8) is 0 Å². The van der Waals surface area contributed by atoms with Gasteiger partial charge in [-0.25, -0.2) is 0 Å². The van der Waals surface area contributed by atoms with Gasteiger partial charge in [0.15, 0.2) is 98.4 Å². The molecule has 0 spiro atoms. The topological polar surface area (TPSA) is 541 Å². The van der Waals surface area contributed by atoms with E-state index in [1.807, 2.05) is 0 Å². The van der Waals surface area contributed by atoms with Crippen LogP contribution in [0.4, 0.5) is 11.4 Å². The lowest BCUT2D eigenvalue weighted by Crippen LogP contribution is -2.68. The number of nitrogens with zero attached hydrogens (tertiary/aromatic N) is 2. The Morgan fingerprint density at radius 1 is 0.357 bits per heavy atom. The van der Waals surface area contributed by atoms with Gasteiger partial charge in [-0.15, -0.1) is 0 Å². The van der Waals surface area contributed by atoms with Gasteiger partial charge in [0, 0.05) is 108 Å². The number of fused-ring (bicyclic) bond motifs is 9. The number of hydrogen-bond donors (Lipinski definition) is 2. The minimum Gasteiger partial charge on any atom is -0.468 e. The molecule has 44 nitrogen and oxygen atoms in total. The highest BCUT2D eigenvalue weighted by atomic mass is 16.8. The van der Waals surface area contributed by atoms with Crippen molar-refractivity contribution in [3.05, 3.63) is 24.3 Å². The molecule has 1 aromatic carbocycles. The number of carbonyl (C=O) groups is 18. The summed E-state index contributed by atoms with van der Waals surface area (Å²) < 4.78 is 128. The summed E-state index contributed by atoms with van der Waals surface area (Å²) >= 11 is 0. The average molecular weight is 1600 g/mol. The first-order chi connectivity index (χ1) is 52.8. The molecule has 1 aromatic rings. The zero-order valence-electron chi connectivity index (χ0n) is 63.2. The number of hydrogen-bond acceptors (Lipinski definition) is 40. The van der Waals surface area contributed by atoms with Crippen molar-refractivity contribution in [2.75, 3.05) is 76.6 Å². The molecule has 0 aliphatic carbocycles. The highest BCUT2D eigenvalue weighted by molar-refractivity contribution is 6.04. The van der Waals surface area contributed by atoms with Gasteiger partial charge < -0.3 is 125 Å². The predicted molar refractivity (Wildman–Crippen MR) is 356 cm³/mol. The van der Waals surface area contributed by atoms with E-state index in [2.05, 4.69) is 20.1 Å². The normalized spacial score (nSPS) is 28.6. The van der Waals surface area contributed by atoms with Gasteiger partial charge in [-0.2, -0.15) is 0 Å². The van der Waals surface area contributed by atoms with Crippen LogP contribution in [-0.2, 0) is 191 Å². The van der Waals surface area contributed by atoms with Crippen LogP contribution in [0.3, 0.4) is 0 Å². The summed E-state index contributed by atoms with van der Waals surface area (Å²) in [7, 11) is 1.99. The van der Waals surface area contributed by atoms with E-state index in [4.69, 9.17) is 94.7 Å². The Hall–Kier alpha value is -10.6. The summed E-state index contributed by atoms with van der Waals surface area (Å²) in [5, 5.41) is 4.54. The van der Waals surface area contributed by atoms with Crippen LogP contribution in [0.2, 0.25) is 0 Å². The van der Waals surface area contributed by atoms with Crippen LogP contribution in [-0.4, -0.2) is 297 Å². The number of esters is 14. The number of methoxy groups -OCH3 is 2. The fourth-order valence-electron chi connectivity index (χ4n) is 12.0. The largest absolute Gasteiger partial charge is 0.468 e. The number of carbonyl (C=O) groups excluding carboxylic acids is 18. The fourth-order valence-corrected chi connectivity index (χ4v) is 12.0. The maximum atomic E-state index is 16.0.